The van der Waals surface area contributed by atoms with Gasteiger partial charge in [-0.25, -0.2) is 4.79 Å². The third-order valence-corrected chi connectivity index (χ3v) is 3.11. The first-order valence-electron chi connectivity index (χ1n) is 5.21. The molecule has 0 aliphatic rings. The fraction of sp³-hybridized carbons (Fsp3) is 0.333. The maximum atomic E-state index is 11.8. The molecule has 0 bridgehead atoms. The zero-order valence-corrected chi connectivity index (χ0v) is 10.8. The van der Waals surface area contributed by atoms with Gasteiger partial charge in [-0.15, -0.1) is 11.6 Å². The number of carboxylic acid groups (broad SMARTS) is 1. The van der Waals surface area contributed by atoms with Gasteiger partial charge in [-0.1, -0.05) is 0 Å². The van der Waals surface area contributed by atoms with Crippen LogP contribution < -0.4 is 5.32 Å². The van der Waals surface area contributed by atoms with Crippen LogP contribution in [0.4, 0.5) is 5.69 Å². The molecule has 0 fully saturated rings. The molecular formula is C12H14ClNO4. The monoisotopic (exact) mass is 271 g/mol. The number of amides is 1. The van der Waals surface area contributed by atoms with E-state index in [0.717, 1.165) is 0 Å². The molecule has 0 saturated carbocycles. The number of aromatic hydroxyl groups is 1. The molecule has 0 aromatic heterocycles. The van der Waals surface area contributed by atoms with Gasteiger partial charge in [0, 0.05) is 5.88 Å². The Morgan fingerprint density at radius 1 is 1.39 bits per heavy atom. The van der Waals surface area contributed by atoms with E-state index in [1.54, 1.807) is 13.8 Å². The molecule has 0 spiro atoms. The lowest BCUT2D eigenvalue weighted by atomic mass is 9.95. The first-order valence-corrected chi connectivity index (χ1v) is 5.75. The summed E-state index contributed by atoms with van der Waals surface area (Å²) in [4.78, 5) is 22.6. The fourth-order valence-electron chi connectivity index (χ4n) is 1.12. The second kappa shape index (κ2) is 5.27. The van der Waals surface area contributed by atoms with Crippen molar-refractivity contribution in [2.45, 2.75) is 13.8 Å². The fourth-order valence-corrected chi connectivity index (χ4v) is 1.24. The number of alkyl halides is 1. The number of phenolic OH excluding ortho intramolecular Hbond substituents is 1. The van der Waals surface area contributed by atoms with Crippen LogP contribution in [0.25, 0.3) is 0 Å². The molecule has 0 unspecified atom stereocenters. The quantitative estimate of drug-likeness (QED) is 0.579. The predicted octanol–water partition coefficient (Wildman–Crippen LogP) is 2.29. The molecule has 1 aromatic rings. The number of aromatic carboxylic acids is 1. The number of carboxylic acids is 1. The SMILES string of the molecule is CC(C)(CCl)C(=O)Nc1cc(C(=O)O)ccc1O. The van der Waals surface area contributed by atoms with Gasteiger partial charge in [0.25, 0.3) is 0 Å². The Morgan fingerprint density at radius 2 is 2.00 bits per heavy atom. The van der Waals surface area contributed by atoms with E-state index in [2.05, 4.69) is 5.32 Å². The lowest BCUT2D eigenvalue weighted by molar-refractivity contribution is -0.123. The number of nitrogens with one attached hydrogen (secondary N) is 1. The molecule has 5 nitrogen and oxygen atoms in total. The number of benzene rings is 1. The summed E-state index contributed by atoms with van der Waals surface area (Å²) in [6, 6.07) is 3.66. The minimum absolute atomic E-state index is 0.0215. The van der Waals surface area contributed by atoms with Gasteiger partial charge in [0.15, 0.2) is 0 Å². The number of hydrogen-bond donors (Lipinski definition) is 3. The molecule has 0 radical (unpaired) electrons. The highest BCUT2D eigenvalue weighted by atomic mass is 35.5. The summed E-state index contributed by atoms with van der Waals surface area (Å²) in [5.74, 6) is -1.62. The summed E-state index contributed by atoms with van der Waals surface area (Å²) in [5, 5.41) is 20.8. The first kappa shape index (κ1) is 14.3. The molecule has 3 N–H and O–H groups in total. The van der Waals surface area contributed by atoms with Gasteiger partial charge in [-0.2, -0.15) is 0 Å². The highest BCUT2D eigenvalue weighted by Gasteiger charge is 2.27. The third-order valence-electron chi connectivity index (χ3n) is 2.44. The van der Waals surface area contributed by atoms with Crippen molar-refractivity contribution in [3.05, 3.63) is 23.8 Å². The van der Waals surface area contributed by atoms with Crippen molar-refractivity contribution < 1.29 is 19.8 Å². The molecule has 1 rings (SSSR count). The molecule has 0 aliphatic heterocycles. The van der Waals surface area contributed by atoms with E-state index >= 15 is 0 Å². The Morgan fingerprint density at radius 3 is 2.50 bits per heavy atom. The van der Waals surface area contributed by atoms with Gasteiger partial charge in [0.2, 0.25) is 5.91 Å². The molecular weight excluding hydrogens is 258 g/mol. The first-order chi connectivity index (χ1) is 8.27. The normalized spacial score (nSPS) is 11.1. The number of carbonyl (C=O) groups is 2. The molecule has 0 heterocycles. The van der Waals surface area contributed by atoms with E-state index in [-0.39, 0.29) is 22.9 Å². The Kier molecular flexibility index (Phi) is 4.19. The van der Waals surface area contributed by atoms with Crippen LogP contribution in [0.1, 0.15) is 24.2 Å². The minimum atomic E-state index is -1.14. The summed E-state index contributed by atoms with van der Waals surface area (Å²) in [5.41, 5.74) is -0.780. The topological polar surface area (TPSA) is 86.6 Å². The molecule has 0 atom stereocenters. The van der Waals surface area contributed by atoms with Crippen LogP contribution >= 0.6 is 11.6 Å². The largest absolute Gasteiger partial charge is 0.506 e. The van der Waals surface area contributed by atoms with E-state index in [9.17, 15) is 14.7 Å². The van der Waals surface area contributed by atoms with Crippen LogP contribution in [-0.4, -0.2) is 28.0 Å². The maximum Gasteiger partial charge on any atom is 0.335 e. The molecule has 1 amide bonds. The number of rotatable bonds is 4. The van der Waals surface area contributed by atoms with Crippen LogP contribution in [0.5, 0.6) is 5.75 Å². The number of hydrogen-bond acceptors (Lipinski definition) is 3. The highest BCUT2D eigenvalue weighted by molar-refractivity contribution is 6.20. The highest BCUT2D eigenvalue weighted by Crippen LogP contribution is 2.27. The number of phenols is 1. The summed E-state index contributed by atoms with van der Waals surface area (Å²) >= 11 is 5.66. The van der Waals surface area contributed by atoms with Crippen LogP contribution in [0.15, 0.2) is 18.2 Å². The van der Waals surface area contributed by atoms with E-state index in [0.29, 0.717) is 0 Å². The van der Waals surface area contributed by atoms with E-state index in [1.165, 1.54) is 18.2 Å². The summed E-state index contributed by atoms with van der Waals surface area (Å²) in [7, 11) is 0. The zero-order valence-electron chi connectivity index (χ0n) is 10.0. The van der Waals surface area contributed by atoms with Crippen molar-refractivity contribution in [1.82, 2.24) is 0 Å². The van der Waals surface area contributed by atoms with Crippen LogP contribution in [-0.2, 0) is 4.79 Å². The van der Waals surface area contributed by atoms with Gasteiger partial charge in [-0.3, -0.25) is 4.79 Å². The van der Waals surface area contributed by atoms with Gasteiger partial charge < -0.3 is 15.5 Å². The molecule has 1 aromatic carbocycles. The van der Waals surface area contributed by atoms with Crippen molar-refractivity contribution in [2.24, 2.45) is 5.41 Å². The predicted molar refractivity (Wildman–Crippen MR) is 68.2 cm³/mol. The second-order valence-electron chi connectivity index (χ2n) is 4.51. The van der Waals surface area contributed by atoms with Crippen molar-refractivity contribution in [3.8, 4) is 5.75 Å². The Hall–Kier alpha value is -1.75. The van der Waals surface area contributed by atoms with Crippen molar-refractivity contribution in [2.75, 3.05) is 11.2 Å². The molecule has 98 valence electrons. The third kappa shape index (κ3) is 3.13. The number of carbonyl (C=O) groups excluding carboxylic acids is 1. The Bertz CT molecular complexity index is 485. The summed E-state index contributed by atoms with van der Waals surface area (Å²) in [6.45, 7) is 3.29. The second-order valence-corrected chi connectivity index (χ2v) is 4.78. The molecule has 6 heteroatoms. The van der Waals surface area contributed by atoms with E-state index in [4.69, 9.17) is 16.7 Å². The van der Waals surface area contributed by atoms with Crippen molar-refractivity contribution >= 4 is 29.2 Å². The van der Waals surface area contributed by atoms with E-state index in [1.807, 2.05) is 0 Å². The minimum Gasteiger partial charge on any atom is -0.506 e. The average molecular weight is 272 g/mol. The van der Waals surface area contributed by atoms with Crippen LogP contribution in [0.3, 0.4) is 0 Å². The lowest BCUT2D eigenvalue weighted by Crippen LogP contribution is -2.32. The van der Waals surface area contributed by atoms with E-state index < -0.39 is 17.3 Å². The average Bonchev–Trinajstić information content (AvgIpc) is 2.31. The molecule has 0 saturated heterocycles. The van der Waals surface area contributed by atoms with Crippen LogP contribution in [0.2, 0.25) is 0 Å². The zero-order chi connectivity index (χ0) is 13.9. The number of anilines is 1. The van der Waals surface area contributed by atoms with Crippen molar-refractivity contribution in [3.63, 3.8) is 0 Å². The Labute approximate surface area is 109 Å². The Balaban J connectivity index is 3.01. The van der Waals surface area contributed by atoms with Gasteiger partial charge >= 0.3 is 5.97 Å². The van der Waals surface area contributed by atoms with Crippen LogP contribution in [0, 0.1) is 5.41 Å². The molecule has 0 aliphatic carbocycles. The van der Waals surface area contributed by atoms with Gasteiger partial charge in [-0.05, 0) is 32.0 Å². The van der Waals surface area contributed by atoms with Gasteiger partial charge in [0.05, 0.1) is 16.7 Å². The lowest BCUT2D eigenvalue weighted by Gasteiger charge is -2.20. The van der Waals surface area contributed by atoms with Gasteiger partial charge in [0.1, 0.15) is 5.75 Å². The number of halogens is 1. The summed E-state index contributed by atoms with van der Waals surface area (Å²) in [6.07, 6.45) is 0. The smallest absolute Gasteiger partial charge is 0.335 e. The molecule has 18 heavy (non-hydrogen) atoms. The maximum absolute atomic E-state index is 11.8. The standard InChI is InChI=1S/C12H14ClNO4/c1-12(2,6-13)11(18)14-8-5-7(10(16)17)3-4-9(8)15/h3-5,15H,6H2,1-2H3,(H,14,18)(H,16,17). The van der Waals surface area contributed by atoms with Crippen molar-refractivity contribution in [1.29, 1.82) is 0 Å². The summed E-state index contributed by atoms with van der Waals surface area (Å²) < 4.78 is 0.